The predicted octanol–water partition coefficient (Wildman–Crippen LogP) is 11.2. The number of nitrogens with one attached hydrogen (secondary N) is 1. The van der Waals surface area contributed by atoms with E-state index in [1.54, 1.807) is 6.08 Å². The molecule has 0 fully saturated rings. The summed E-state index contributed by atoms with van der Waals surface area (Å²) in [6.07, 6.45) is 46.8. The number of phosphoric acid groups is 1. The molecule has 53 heavy (non-hydrogen) atoms. The van der Waals surface area contributed by atoms with Gasteiger partial charge in [-0.1, -0.05) is 151 Å². The third-order valence-corrected chi connectivity index (χ3v) is 9.67. The minimum absolute atomic E-state index is 0.0508. The molecule has 0 saturated carbocycles. The SMILES string of the molecule is CC/C=C\C/C=C\C/C=C\C/C=C\C/C=C\CCCCCC(=O)NC(COP(=O)(O)OCC[N+](C)(C)C)C(O)/C=C/CCCCCCCCCCCC. The molecule has 0 aromatic heterocycles. The van der Waals surface area contributed by atoms with Crippen LogP contribution in [-0.2, 0) is 18.4 Å². The fourth-order valence-corrected chi connectivity index (χ4v) is 6.09. The molecule has 0 aliphatic heterocycles. The van der Waals surface area contributed by atoms with Crippen molar-refractivity contribution in [1.29, 1.82) is 0 Å². The highest BCUT2D eigenvalue weighted by Crippen LogP contribution is 2.43. The number of carbonyl (C=O) groups is 1. The molecule has 0 aliphatic rings. The minimum atomic E-state index is -4.35. The fourth-order valence-electron chi connectivity index (χ4n) is 5.36. The first-order chi connectivity index (χ1) is 25.5. The van der Waals surface area contributed by atoms with Crippen LogP contribution in [0.2, 0.25) is 0 Å². The second-order valence-corrected chi connectivity index (χ2v) is 16.4. The van der Waals surface area contributed by atoms with Gasteiger partial charge in [0.05, 0.1) is 39.9 Å². The van der Waals surface area contributed by atoms with Gasteiger partial charge in [-0.3, -0.25) is 13.8 Å². The largest absolute Gasteiger partial charge is 0.472 e. The van der Waals surface area contributed by atoms with Crippen molar-refractivity contribution < 1.29 is 32.9 Å². The average Bonchev–Trinajstić information content (AvgIpc) is 3.10. The summed E-state index contributed by atoms with van der Waals surface area (Å²) in [7, 11) is 1.53. The molecule has 0 rings (SSSR count). The van der Waals surface area contributed by atoms with Crippen LogP contribution in [0.25, 0.3) is 0 Å². The average molecular weight is 764 g/mol. The number of aliphatic hydroxyl groups is 1. The second-order valence-electron chi connectivity index (χ2n) is 15.0. The molecule has 0 aliphatic carbocycles. The Morgan fingerprint density at radius 3 is 1.66 bits per heavy atom. The first-order valence-electron chi connectivity index (χ1n) is 20.8. The first kappa shape index (κ1) is 50.9. The lowest BCUT2D eigenvalue weighted by Gasteiger charge is -2.25. The third kappa shape index (κ3) is 38.0. The van der Waals surface area contributed by atoms with E-state index in [4.69, 9.17) is 9.05 Å². The Bertz CT molecular complexity index is 1090. The molecule has 3 unspecified atom stereocenters. The number of amides is 1. The lowest BCUT2D eigenvalue weighted by molar-refractivity contribution is -0.870. The zero-order valence-corrected chi connectivity index (χ0v) is 35.4. The van der Waals surface area contributed by atoms with Crippen molar-refractivity contribution in [1.82, 2.24) is 5.32 Å². The Hall–Kier alpha value is -2.06. The van der Waals surface area contributed by atoms with Gasteiger partial charge in [0.25, 0.3) is 0 Å². The van der Waals surface area contributed by atoms with Crippen molar-refractivity contribution in [2.75, 3.05) is 40.9 Å². The number of aliphatic hydroxyl groups excluding tert-OH is 1. The number of allylic oxidation sites excluding steroid dienone is 11. The van der Waals surface area contributed by atoms with Crippen molar-refractivity contribution in [2.24, 2.45) is 0 Å². The summed E-state index contributed by atoms with van der Waals surface area (Å²) in [6.45, 7) is 4.63. The number of likely N-dealkylation sites (N-methyl/N-ethyl adjacent to an activating group) is 1. The topological polar surface area (TPSA) is 105 Å². The molecule has 0 heterocycles. The molecular formula is C44H80N2O6P+. The molecule has 0 bridgehead atoms. The zero-order chi connectivity index (χ0) is 39.3. The second kappa shape index (κ2) is 35.6. The van der Waals surface area contributed by atoms with Crippen molar-refractivity contribution >= 4 is 13.7 Å². The summed E-state index contributed by atoms with van der Waals surface area (Å²) in [5.41, 5.74) is 0. The van der Waals surface area contributed by atoms with E-state index < -0.39 is 20.0 Å². The molecule has 9 heteroatoms. The third-order valence-electron chi connectivity index (χ3n) is 8.68. The highest BCUT2D eigenvalue weighted by Gasteiger charge is 2.27. The summed E-state index contributed by atoms with van der Waals surface area (Å²) >= 11 is 0. The lowest BCUT2D eigenvalue weighted by Crippen LogP contribution is -2.45. The fraction of sp³-hybridized carbons (Fsp3) is 0.705. The zero-order valence-electron chi connectivity index (χ0n) is 34.5. The number of nitrogens with zero attached hydrogens (tertiary/aromatic N) is 1. The Labute approximate surface area is 325 Å². The maximum Gasteiger partial charge on any atom is 0.472 e. The standard InChI is InChI=1S/C44H79N2O6P/c1-6-8-10-12-14-16-18-20-21-22-23-24-25-26-28-30-32-34-36-38-44(48)45-42(41-52-53(49,50)51-40-39-46(3,4)5)43(47)37-35-33-31-29-27-19-17-15-13-11-9-7-2/h8,10,14,16,20-21,23-24,26,28,35,37,42-43,47H,6-7,9,11-13,15,17-19,22,25,27,29-34,36,38-41H2,1-5H3,(H-,45,48,49,50)/p+1/b10-8-,16-14-,21-20-,24-23-,28-26-,37-35+. The van der Waals surface area contributed by atoms with E-state index in [-0.39, 0.29) is 19.1 Å². The van der Waals surface area contributed by atoms with Gasteiger partial charge in [0.15, 0.2) is 0 Å². The van der Waals surface area contributed by atoms with Crippen molar-refractivity contribution in [2.45, 2.75) is 161 Å². The van der Waals surface area contributed by atoms with Gasteiger partial charge in [-0.2, -0.15) is 0 Å². The number of unbranched alkanes of at least 4 members (excludes halogenated alkanes) is 13. The number of phosphoric ester groups is 1. The molecule has 0 aromatic carbocycles. The van der Waals surface area contributed by atoms with Gasteiger partial charge >= 0.3 is 7.82 Å². The van der Waals surface area contributed by atoms with Crippen LogP contribution in [0.4, 0.5) is 0 Å². The van der Waals surface area contributed by atoms with E-state index in [0.29, 0.717) is 17.4 Å². The molecule has 306 valence electrons. The van der Waals surface area contributed by atoms with Gasteiger partial charge in [0, 0.05) is 6.42 Å². The van der Waals surface area contributed by atoms with Crippen LogP contribution in [-0.4, -0.2) is 73.4 Å². The van der Waals surface area contributed by atoms with E-state index in [2.05, 4.69) is 79.9 Å². The molecule has 3 atom stereocenters. The van der Waals surface area contributed by atoms with Crippen LogP contribution in [0.3, 0.4) is 0 Å². The number of hydrogen-bond acceptors (Lipinski definition) is 5. The van der Waals surface area contributed by atoms with Crippen molar-refractivity contribution in [3.05, 3.63) is 72.9 Å². The minimum Gasteiger partial charge on any atom is -0.387 e. The van der Waals surface area contributed by atoms with Crippen LogP contribution in [0, 0.1) is 0 Å². The number of quaternary nitrogens is 1. The molecule has 8 nitrogen and oxygen atoms in total. The first-order valence-corrected chi connectivity index (χ1v) is 22.3. The number of hydrogen-bond donors (Lipinski definition) is 3. The quantitative estimate of drug-likeness (QED) is 0.0254. The van der Waals surface area contributed by atoms with E-state index in [9.17, 15) is 19.4 Å². The number of rotatable bonds is 36. The molecule has 0 radical (unpaired) electrons. The van der Waals surface area contributed by atoms with Crippen LogP contribution in [0.15, 0.2) is 72.9 Å². The van der Waals surface area contributed by atoms with Gasteiger partial charge < -0.3 is 19.8 Å². The Morgan fingerprint density at radius 1 is 0.660 bits per heavy atom. The highest BCUT2D eigenvalue weighted by molar-refractivity contribution is 7.47. The van der Waals surface area contributed by atoms with Crippen molar-refractivity contribution in [3.63, 3.8) is 0 Å². The van der Waals surface area contributed by atoms with Gasteiger partial charge in [0.2, 0.25) is 5.91 Å². The van der Waals surface area contributed by atoms with Gasteiger partial charge in [0.1, 0.15) is 13.2 Å². The Balaban J connectivity index is 4.54. The monoisotopic (exact) mass is 764 g/mol. The van der Waals surface area contributed by atoms with E-state index in [1.165, 1.54) is 51.4 Å². The maximum atomic E-state index is 12.8. The lowest BCUT2D eigenvalue weighted by atomic mass is 10.1. The summed E-state index contributed by atoms with van der Waals surface area (Å²) in [6, 6.07) is -0.866. The van der Waals surface area contributed by atoms with Gasteiger partial charge in [-0.05, 0) is 64.2 Å². The van der Waals surface area contributed by atoms with E-state index >= 15 is 0 Å². The molecule has 0 saturated heterocycles. The van der Waals surface area contributed by atoms with Gasteiger partial charge in [-0.15, -0.1) is 0 Å². The Morgan fingerprint density at radius 2 is 1.13 bits per heavy atom. The van der Waals surface area contributed by atoms with Crippen LogP contribution in [0.1, 0.15) is 149 Å². The van der Waals surface area contributed by atoms with Gasteiger partial charge in [-0.25, -0.2) is 4.57 Å². The van der Waals surface area contributed by atoms with Crippen LogP contribution >= 0.6 is 7.82 Å². The van der Waals surface area contributed by atoms with E-state index in [1.807, 2.05) is 27.2 Å². The van der Waals surface area contributed by atoms with Crippen LogP contribution in [0.5, 0.6) is 0 Å². The molecule has 0 spiro atoms. The van der Waals surface area contributed by atoms with Crippen molar-refractivity contribution in [3.8, 4) is 0 Å². The summed E-state index contributed by atoms with van der Waals surface area (Å²) in [5, 5.41) is 13.8. The number of carbonyl (C=O) groups excluding carboxylic acids is 1. The van der Waals surface area contributed by atoms with Crippen LogP contribution < -0.4 is 5.32 Å². The van der Waals surface area contributed by atoms with E-state index in [0.717, 1.165) is 77.0 Å². The molecule has 3 N–H and O–H groups in total. The molecular weight excluding hydrogens is 683 g/mol. The normalized spacial score (nSPS) is 15.2. The smallest absolute Gasteiger partial charge is 0.387 e. The Kier molecular flexibility index (Phi) is 34.2. The predicted molar refractivity (Wildman–Crippen MR) is 226 cm³/mol. The maximum absolute atomic E-state index is 12.8. The summed E-state index contributed by atoms with van der Waals surface area (Å²) in [5.74, 6) is -0.214. The molecule has 1 amide bonds. The summed E-state index contributed by atoms with van der Waals surface area (Å²) < 4.78 is 23.5. The highest BCUT2D eigenvalue weighted by atomic mass is 31.2. The molecule has 0 aromatic rings. The summed E-state index contributed by atoms with van der Waals surface area (Å²) in [4.78, 5) is 23.0.